The van der Waals surface area contributed by atoms with Crippen molar-refractivity contribution in [3.8, 4) is 0 Å². The summed E-state index contributed by atoms with van der Waals surface area (Å²) in [6.45, 7) is 3.75. The van der Waals surface area contributed by atoms with E-state index in [4.69, 9.17) is 0 Å². The van der Waals surface area contributed by atoms with Crippen molar-refractivity contribution >= 4 is 17.6 Å². The van der Waals surface area contributed by atoms with E-state index in [1.165, 1.54) is 12.1 Å². The maximum atomic E-state index is 13.5. The zero-order valence-corrected chi connectivity index (χ0v) is 16.4. The van der Waals surface area contributed by atoms with Crippen molar-refractivity contribution in [1.82, 2.24) is 15.1 Å². The molecule has 0 fully saturated rings. The lowest BCUT2D eigenvalue weighted by Gasteiger charge is -2.32. The van der Waals surface area contributed by atoms with Gasteiger partial charge in [0.05, 0.1) is 5.69 Å². The van der Waals surface area contributed by atoms with Crippen LogP contribution < -0.4 is 10.6 Å². The van der Waals surface area contributed by atoms with Gasteiger partial charge in [0.25, 0.3) is 5.91 Å². The first-order valence-corrected chi connectivity index (χ1v) is 9.32. The first-order chi connectivity index (χ1) is 13.8. The second kappa shape index (κ2) is 7.16. The minimum absolute atomic E-state index is 0.337. The van der Waals surface area contributed by atoms with Gasteiger partial charge in [-0.1, -0.05) is 29.8 Å². The molecule has 1 aliphatic heterocycles. The highest BCUT2D eigenvalue weighted by molar-refractivity contribution is 6.03. The Morgan fingerprint density at radius 3 is 2.59 bits per heavy atom. The van der Waals surface area contributed by atoms with Crippen molar-refractivity contribution in [3.63, 3.8) is 0 Å². The first-order valence-electron chi connectivity index (χ1n) is 9.32. The molecule has 1 aliphatic rings. The predicted molar refractivity (Wildman–Crippen MR) is 107 cm³/mol. The molecule has 148 valence electrons. The van der Waals surface area contributed by atoms with Gasteiger partial charge >= 0.3 is 0 Å². The monoisotopic (exact) mass is 392 g/mol. The number of anilines is 1. The second-order valence-electron chi connectivity index (χ2n) is 7.31. The molecule has 0 aliphatic carbocycles. The van der Waals surface area contributed by atoms with Crippen molar-refractivity contribution in [3.05, 3.63) is 82.3 Å². The fourth-order valence-electron chi connectivity index (χ4n) is 3.90. The third-order valence-corrected chi connectivity index (χ3v) is 5.23. The average molecular weight is 392 g/mol. The number of nitrogens with zero attached hydrogens (tertiary/aromatic N) is 2. The Balaban J connectivity index is 1.78. The van der Waals surface area contributed by atoms with E-state index < -0.39 is 12.0 Å². The quantitative estimate of drug-likeness (QED) is 0.719. The number of hydrogen-bond acceptors (Lipinski definition) is 3. The fourth-order valence-corrected chi connectivity index (χ4v) is 3.90. The molecule has 0 bridgehead atoms. The van der Waals surface area contributed by atoms with Crippen molar-refractivity contribution in [1.29, 1.82) is 0 Å². The number of rotatable bonds is 3. The molecule has 2 heterocycles. The van der Waals surface area contributed by atoms with Crippen molar-refractivity contribution in [2.45, 2.75) is 25.8 Å². The lowest BCUT2D eigenvalue weighted by molar-refractivity contribution is -0.118. The summed E-state index contributed by atoms with van der Waals surface area (Å²) in [5, 5.41) is 10.1. The van der Waals surface area contributed by atoms with Gasteiger partial charge in [-0.2, -0.15) is 5.10 Å². The second-order valence-corrected chi connectivity index (χ2v) is 7.31. The van der Waals surface area contributed by atoms with Crippen LogP contribution in [0.3, 0.4) is 0 Å². The smallest absolute Gasteiger partial charge is 0.251 e. The summed E-state index contributed by atoms with van der Waals surface area (Å²) < 4.78 is 15.1. The molecule has 0 spiro atoms. The largest absolute Gasteiger partial charge is 0.339 e. The molecule has 2 aromatic carbocycles. The first kappa shape index (κ1) is 18.9. The summed E-state index contributed by atoms with van der Waals surface area (Å²) in [4.78, 5) is 25.8. The van der Waals surface area contributed by atoms with E-state index in [-0.39, 0.29) is 17.6 Å². The number of aromatic nitrogens is 2. The fraction of sp³-hybridized carbons (Fsp3) is 0.227. The van der Waals surface area contributed by atoms with Crippen LogP contribution in [0, 0.1) is 19.7 Å². The summed E-state index contributed by atoms with van der Waals surface area (Å²) in [5.41, 5.74) is 3.71. The van der Waals surface area contributed by atoms with Gasteiger partial charge in [-0.25, -0.2) is 4.39 Å². The highest BCUT2D eigenvalue weighted by Crippen LogP contribution is 2.39. The van der Waals surface area contributed by atoms with E-state index in [1.54, 1.807) is 42.1 Å². The van der Waals surface area contributed by atoms with E-state index in [9.17, 15) is 14.0 Å². The molecular weight excluding hydrogens is 371 g/mol. The number of amides is 2. The number of nitrogens with one attached hydrogen (secondary N) is 2. The molecule has 1 aromatic heterocycles. The Morgan fingerprint density at radius 2 is 1.90 bits per heavy atom. The summed E-state index contributed by atoms with van der Waals surface area (Å²) in [7, 11) is 1.75. The van der Waals surface area contributed by atoms with Gasteiger partial charge in [-0.3, -0.25) is 14.3 Å². The molecule has 4 rings (SSSR count). The minimum Gasteiger partial charge on any atom is -0.339 e. The predicted octanol–water partition coefficient (Wildman–Crippen LogP) is 3.06. The maximum absolute atomic E-state index is 13.5. The molecule has 6 nitrogen and oxygen atoms in total. The van der Waals surface area contributed by atoms with Crippen molar-refractivity contribution in [2.75, 3.05) is 5.32 Å². The zero-order valence-electron chi connectivity index (χ0n) is 16.4. The molecule has 7 heteroatoms. The Labute approximate surface area is 167 Å². The van der Waals surface area contributed by atoms with E-state index in [1.807, 2.05) is 19.9 Å². The number of benzene rings is 2. The van der Waals surface area contributed by atoms with Gasteiger partial charge in [0.15, 0.2) is 0 Å². The number of carbonyl (C=O) groups excluding carboxylic acids is 2. The molecule has 3 aromatic rings. The summed E-state index contributed by atoms with van der Waals surface area (Å²) in [5.74, 6) is -0.941. The Bertz CT molecular complexity index is 1100. The molecule has 29 heavy (non-hydrogen) atoms. The summed E-state index contributed by atoms with van der Waals surface area (Å²) in [6.07, 6.45) is 0. The van der Waals surface area contributed by atoms with Crippen LogP contribution in [0.25, 0.3) is 0 Å². The Morgan fingerprint density at radius 1 is 1.17 bits per heavy atom. The van der Waals surface area contributed by atoms with Gasteiger partial charge in [-0.05, 0) is 43.7 Å². The highest BCUT2D eigenvalue weighted by atomic mass is 19.1. The normalized spacial score (nSPS) is 18.1. The lowest BCUT2D eigenvalue weighted by atomic mass is 9.82. The van der Waals surface area contributed by atoms with Crippen LogP contribution in [0.5, 0.6) is 0 Å². The van der Waals surface area contributed by atoms with Crippen LogP contribution in [0.2, 0.25) is 0 Å². The molecular formula is C22H21FN4O2. The van der Waals surface area contributed by atoms with Gasteiger partial charge in [-0.15, -0.1) is 0 Å². The molecule has 0 saturated carbocycles. The third-order valence-electron chi connectivity index (χ3n) is 5.23. The van der Waals surface area contributed by atoms with Crippen LogP contribution in [0.1, 0.15) is 38.7 Å². The van der Waals surface area contributed by atoms with Crippen LogP contribution in [0.4, 0.5) is 10.2 Å². The lowest BCUT2D eigenvalue weighted by Crippen LogP contribution is -2.50. The standard InChI is InChI=1S/C22H21FN4O2/c1-12-5-4-6-15(11-12)21(28)24-19-18(14-7-9-16(23)10-8-14)17-13(2)26-27(3)20(17)25-22(19)29/h4-11,18-19H,1-3H3,(H,24,28)(H,25,29)/t18-,19+/m0/s1. The number of aryl methyl sites for hydroxylation is 3. The molecule has 2 atom stereocenters. The van der Waals surface area contributed by atoms with Crippen molar-refractivity contribution in [2.24, 2.45) is 7.05 Å². The van der Waals surface area contributed by atoms with Crippen molar-refractivity contribution < 1.29 is 14.0 Å². The molecule has 2 N–H and O–H groups in total. The van der Waals surface area contributed by atoms with Gasteiger partial charge in [0, 0.05) is 24.1 Å². The van der Waals surface area contributed by atoms with Gasteiger partial charge in [0.1, 0.15) is 17.7 Å². The molecule has 0 radical (unpaired) electrons. The SMILES string of the molecule is Cc1cccc(C(=O)N[C@H]2C(=O)Nc3c(c(C)nn3C)[C@@H]2c2ccc(F)cc2)c1. The van der Waals surface area contributed by atoms with Gasteiger partial charge in [0.2, 0.25) is 5.91 Å². The number of fused-ring (bicyclic) bond motifs is 1. The van der Waals surface area contributed by atoms with E-state index >= 15 is 0 Å². The Hall–Kier alpha value is -3.48. The van der Waals surface area contributed by atoms with Gasteiger partial charge < -0.3 is 10.6 Å². The van der Waals surface area contributed by atoms with Crippen LogP contribution in [-0.4, -0.2) is 27.6 Å². The summed E-state index contributed by atoms with van der Waals surface area (Å²) in [6, 6.07) is 12.3. The average Bonchev–Trinajstić information content (AvgIpc) is 2.96. The number of carbonyl (C=O) groups is 2. The summed E-state index contributed by atoms with van der Waals surface area (Å²) >= 11 is 0. The van der Waals surface area contributed by atoms with E-state index in [0.29, 0.717) is 11.4 Å². The van der Waals surface area contributed by atoms with E-state index in [0.717, 1.165) is 22.4 Å². The number of halogens is 1. The van der Waals surface area contributed by atoms with E-state index in [2.05, 4.69) is 15.7 Å². The van der Waals surface area contributed by atoms with Crippen LogP contribution in [0.15, 0.2) is 48.5 Å². The highest BCUT2D eigenvalue weighted by Gasteiger charge is 2.41. The molecule has 0 unspecified atom stereocenters. The Kier molecular flexibility index (Phi) is 4.66. The van der Waals surface area contributed by atoms with Crippen LogP contribution in [-0.2, 0) is 11.8 Å². The maximum Gasteiger partial charge on any atom is 0.251 e. The molecule has 0 saturated heterocycles. The molecule has 2 amide bonds. The third kappa shape index (κ3) is 3.40. The minimum atomic E-state index is -0.858. The van der Waals surface area contributed by atoms with Crippen LogP contribution >= 0.6 is 0 Å². The topological polar surface area (TPSA) is 76.0 Å². The number of hydrogen-bond donors (Lipinski definition) is 2. The zero-order chi connectivity index (χ0) is 20.7.